The Morgan fingerprint density at radius 1 is 1.69 bits per heavy atom. The molecule has 0 heterocycles. The second-order valence-electron chi connectivity index (χ2n) is 3.12. The maximum Gasteiger partial charge on any atom is 0.304 e. The van der Waals surface area contributed by atoms with Gasteiger partial charge < -0.3 is 9.84 Å². The first kappa shape index (κ1) is 12.0. The van der Waals surface area contributed by atoms with E-state index in [4.69, 9.17) is 9.84 Å². The molecular formula is C10H16O3. The Kier molecular flexibility index (Phi) is 4.50. The largest absolute Gasteiger partial charge is 0.446 e. The molecule has 3 nitrogen and oxygen atoms in total. The SMILES string of the molecule is CCC(C)(C#CC(C)O)OC(C)=O. The number of carbonyl (C=O) groups is 1. The summed E-state index contributed by atoms with van der Waals surface area (Å²) in [6.45, 7) is 6.51. The second kappa shape index (κ2) is 4.88. The predicted octanol–water partition coefficient (Wildman–Crippen LogP) is 1.10. The summed E-state index contributed by atoms with van der Waals surface area (Å²) in [4.78, 5) is 10.7. The summed E-state index contributed by atoms with van der Waals surface area (Å²) >= 11 is 0. The fourth-order valence-electron chi connectivity index (χ4n) is 0.760. The lowest BCUT2D eigenvalue weighted by molar-refractivity contribution is -0.150. The van der Waals surface area contributed by atoms with Crippen molar-refractivity contribution in [1.82, 2.24) is 0 Å². The third-order valence-corrected chi connectivity index (χ3v) is 1.59. The molecule has 0 aromatic carbocycles. The van der Waals surface area contributed by atoms with Crippen LogP contribution in [-0.2, 0) is 9.53 Å². The molecule has 74 valence electrons. The van der Waals surface area contributed by atoms with E-state index in [1.807, 2.05) is 6.92 Å². The molecule has 0 spiro atoms. The Bertz CT molecular complexity index is 234. The van der Waals surface area contributed by atoms with Gasteiger partial charge in [0.25, 0.3) is 0 Å². The van der Waals surface area contributed by atoms with Crippen molar-refractivity contribution in [2.75, 3.05) is 0 Å². The van der Waals surface area contributed by atoms with Gasteiger partial charge in [-0.3, -0.25) is 4.79 Å². The topological polar surface area (TPSA) is 46.5 Å². The average Bonchev–Trinajstić information content (AvgIpc) is 2.00. The van der Waals surface area contributed by atoms with Crippen LogP contribution < -0.4 is 0 Å². The zero-order chi connectivity index (χ0) is 10.5. The van der Waals surface area contributed by atoms with Gasteiger partial charge in [-0.1, -0.05) is 18.8 Å². The monoisotopic (exact) mass is 184 g/mol. The molecule has 2 unspecified atom stereocenters. The van der Waals surface area contributed by atoms with Crippen molar-refractivity contribution in [3.05, 3.63) is 0 Å². The first-order valence-electron chi connectivity index (χ1n) is 4.30. The molecule has 0 aliphatic carbocycles. The number of rotatable bonds is 2. The number of carbonyl (C=O) groups excluding carboxylic acids is 1. The molecule has 0 aromatic heterocycles. The van der Waals surface area contributed by atoms with Crippen LogP contribution >= 0.6 is 0 Å². The van der Waals surface area contributed by atoms with Crippen LogP contribution in [0.25, 0.3) is 0 Å². The zero-order valence-corrected chi connectivity index (χ0v) is 8.55. The van der Waals surface area contributed by atoms with Gasteiger partial charge in [0.15, 0.2) is 5.60 Å². The van der Waals surface area contributed by atoms with E-state index in [1.54, 1.807) is 13.8 Å². The minimum Gasteiger partial charge on any atom is -0.446 e. The lowest BCUT2D eigenvalue weighted by Crippen LogP contribution is -2.28. The van der Waals surface area contributed by atoms with E-state index in [9.17, 15) is 4.79 Å². The lowest BCUT2D eigenvalue weighted by Gasteiger charge is -2.21. The number of ether oxygens (including phenoxy) is 1. The number of aliphatic hydroxyl groups excluding tert-OH is 1. The molecule has 0 rings (SSSR count). The Morgan fingerprint density at radius 2 is 2.23 bits per heavy atom. The standard InChI is InChI=1S/C10H16O3/c1-5-10(4,13-9(3)12)7-6-8(2)11/h8,11H,5H2,1-4H3. The zero-order valence-electron chi connectivity index (χ0n) is 8.55. The minimum absolute atomic E-state index is 0.357. The highest BCUT2D eigenvalue weighted by molar-refractivity contribution is 5.67. The first-order chi connectivity index (χ1) is 5.89. The number of aliphatic hydroxyl groups is 1. The summed E-state index contributed by atoms with van der Waals surface area (Å²) in [7, 11) is 0. The van der Waals surface area contributed by atoms with Crippen LogP contribution in [0, 0.1) is 11.8 Å². The van der Waals surface area contributed by atoms with Crippen LogP contribution in [0.2, 0.25) is 0 Å². The number of hydrogen-bond donors (Lipinski definition) is 1. The molecule has 0 fully saturated rings. The molecule has 0 aliphatic rings. The van der Waals surface area contributed by atoms with Gasteiger partial charge in [0.1, 0.15) is 6.10 Å². The molecule has 13 heavy (non-hydrogen) atoms. The molecule has 0 saturated heterocycles. The Balaban J connectivity index is 4.47. The van der Waals surface area contributed by atoms with Gasteiger partial charge in [0.05, 0.1) is 0 Å². The fourth-order valence-corrected chi connectivity index (χ4v) is 0.760. The smallest absolute Gasteiger partial charge is 0.304 e. The van der Waals surface area contributed by atoms with E-state index in [0.717, 1.165) is 0 Å². The van der Waals surface area contributed by atoms with E-state index >= 15 is 0 Å². The summed E-state index contributed by atoms with van der Waals surface area (Å²) in [5, 5.41) is 8.93. The maximum absolute atomic E-state index is 10.7. The molecule has 0 radical (unpaired) electrons. The normalized spacial score (nSPS) is 16.4. The molecule has 0 bridgehead atoms. The van der Waals surface area contributed by atoms with Crippen molar-refractivity contribution >= 4 is 5.97 Å². The van der Waals surface area contributed by atoms with Crippen LogP contribution in [0.1, 0.15) is 34.1 Å². The molecule has 0 saturated carbocycles. The van der Waals surface area contributed by atoms with E-state index in [-0.39, 0.29) is 5.97 Å². The fraction of sp³-hybridized carbons (Fsp3) is 0.700. The highest BCUT2D eigenvalue weighted by Gasteiger charge is 2.22. The van der Waals surface area contributed by atoms with Gasteiger partial charge in [-0.15, -0.1) is 0 Å². The number of esters is 1. The molecular weight excluding hydrogens is 168 g/mol. The maximum atomic E-state index is 10.7. The van der Waals surface area contributed by atoms with Gasteiger partial charge in [0.2, 0.25) is 0 Å². The van der Waals surface area contributed by atoms with Crippen molar-refractivity contribution in [1.29, 1.82) is 0 Å². The second-order valence-corrected chi connectivity index (χ2v) is 3.12. The lowest BCUT2D eigenvalue weighted by atomic mass is 10.0. The van der Waals surface area contributed by atoms with Crippen LogP contribution in [0.3, 0.4) is 0 Å². The number of hydrogen-bond acceptors (Lipinski definition) is 3. The minimum atomic E-state index is -0.775. The van der Waals surface area contributed by atoms with E-state index in [2.05, 4.69) is 11.8 Å². The third-order valence-electron chi connectivity index (χ3n) is 1.59. The summed E-state index contributed by atoms with van der Waals surface area (Å²) < 4.78 is 5.01. The highest BCUT2D eigenvalue weighted by atomic mass is 16.6. The van der Waals surface area contributed by atoms with Crippen LogP contribution in [-0.4, -0.2) is 22.8 Å². The van der Waals surface area contributed by atoms with Gasteiger partial charge in [-0.05, 0) is 20.3 Å². The van der Waals surface area contributed by atoms with Gasteiger partial charge in [-0.25, -0.2) is 0 Å². The quantitative estimate of drug-likeness (QED) is 0.516. The van der Waals surface area contributed by atoms with Crippen molar-refractivity contribution in [3.63, 3.8) is 0 Å². The molecule has 1 N–H and O–H groups in total. The van der Waals surface area contributed by atoms with Crippen molar-refractivity contribution in [2.45, 2.75) is 45.8 Å². The van der Waals surface area contributed by atoms with Crippen molar-refractivity contribution < 1.29 is 14.6 Å². The highest BCUT2D eigenvalue weighted by Crippen LogP contribution is 2.13. The Hall–Kier alpha value is -1.01. The third kappa shape index (κ3) is 5.26. The van der Waals surface area contributed by atoms with E-state index in [0.29, 0.717) is 6.42 Å². The van der Waals surface area contributed by atoms with Gasteiger partial charge in [0, 0.05) is 6.92 Å². The van der Waals surface area contributed by atoms with Crippen molar-refractivity contribution in [2.24, 2.45) is 0 Å². The molecule has 0 aromatic rings. The summed E-state index contributed by atoms with van der Waals surface area (Å²) in [6, 6.07) is 0. The Morgan fingerprint density at radius 3 is 2.54 bits per heavy atom. The summed E-state index contributed by atoms with van der Waals surface area (Å²) in [5.41, 5.74) is -0.775. The predicted molar refractivity (Wildman–Crippen MR) is 49.9 cm³/mol. The van der Waals surface area contributed by atoms with Crippen LogP contribution in [0.4, 0.5) is 0 Å². The first-order valence-corrected chi connectivity index (χ1v) is 4.30. The van der Waals surface area contributed by atoms with Crippen LogP contribution in [0.15, 0.2) is 0 Å². The molecule has 0 aliphatic heterocycles. The van der Waals surface area contributed by atoms with Gasteiger partial charge >= 0.3 is 5.97 Å². The molecule has 2 atom stereocenters. The molecule has 3 heteroatoms. The molecule has 0 amide bonds. The van der Waals surface area contributed by atoms with Gasteiger partial charge in [-0.2, -0.15) is 0 Å². The van der Waals surface area contributed by atoms with E-state index in [1.165, 1.54) is 6.92 Å². The van der Waals surface area contributed by atoms with E-state index < -0.39 is 11.7 Å². The van der Waals surface area contributed by atoms with Crippen molar-refractivity contribution in [3.8, 4) is 11.8 Å². The average molecular weight is 184 g/mol. The summed E-state index contributed by atoms with van der Waals surface area (Å²) in [6.07, 6.45) is -0.0896. The van der Waals surface area contributed by atoms with Crippen LogP contribution in [0.5, 0.6) is 0 Å². The summed E-state index contributed by atoms with van der Waals surface area (Å²) in [5.74, 6) is 4.95. The Labute approximate surface area is 79.1 Å².